The molecule has 0 radical (unpaired) electrons. The van der Waals surface area contributed by atoms with Gasteiger partial charge >= 0.3 is 10.6 Å². The van der Waals surface area contributed by atoms with Crippen molar-refractivity contribution < 1.29 is 19.8 Å². The van der Waals surface area contributed by atoms with Gasteiger partial charge in [-0.15, -0.1) is 0 Å². The van der Waals surface area contributed by atoms with Gasteiger partial charge in [-0.2, -0.15) is 0 Å². The van der Waals surface area contributed by atoms with Crippen LogP contribution in [0.3, 0.4) is 0 Å². The molecular weight excluding hydrogens is 216 g/mol. The number of hydrogen-bond acceptors (Lipinski definition) is 6. The van der Waals surface area contributed by atoms with Crippen molar-refractivity contribution in [1.29, 1.82) is 0 Å². The molecule has 0 aliphatic rings. The number of hydrogen-bond donors (Lipinski definition) is 2. The van der Waals surface area contributed by atoms with Gasteiger partial charge in [0.1, 0.15) is 0 Å². The Bertz CT molecular complexity index is 119. The van der Waals surface area contributed by atoms with Crippen LogP contribution in [0, 0.1) is 0 Å². The minimum atomic E-state index is -1.02. The van der Waals surface area contributed by atoms with Crippen molar-refractivity contribution in [1.82, 2.24) is 0 Å². The minimum Gasteiger partial charge on any atom is -0.472 e. The highest BCUT2D eigenvalue weighted by Gasteiger charge is 2.02. The van der Waals surface area contributed by atoms with E-state index in [0.717, 1.165) is 19.7 Å². The van der Waals surface area contributed by atoms with Gasteiger partial charge in [-0.1, -0.05) is 0 Å². The van der Waals surface area contributed by atoms with E-state index in [0.29, 0.717) is 21.6 Å². The molecule has 2 N–H and O–H groups in total. The van der Waals surface area contributed by atoms with Crippen molar-refractivity contribution in [3.8, 4) is 0 Å². The maximum atomic E-state index is 9.82. The molecule has 10 heavy (non-hydrogen) atoms. The lowest BCUT2D eigenvalue weighted by Crippen LogP contribution is -1.76. The molecule has 0 heterocycles. The van der Waals surface area contributed by atoms with E-state index in [9.17, 15) is 9.59 Å². The lowest BCUT2D eigenvalue weighted by atomic mass is 11.6. The molecule has 0 atom stereocenters. The number of rotatable bonds is 3. The summed E-state index contributed by atoms with van der Waals surface area (Å²) in [7, 11) is 2.98. The van der Waals surface area contributed by atoms with E-state index < -0.39 is 10.6 Å². The number of carboxylic acid groups (broad SMARTS) is 2. The molecule has 0 saturated carbocycles. The Morgan fingerprint density at radius 1 is 0.900 bits per heavy atom. The fraction of sp³-hybridized carbons (Fsp3) is 0. The summed E-state index contributed by atoms with van der Waals surface area (Å²) in [5.74, 6) is 0. The third kappa shape index (κ3) is 8.34. The second-order valence-corrected chi connectivity index (χ2v) is 6.40. The Labute approximate surface area is 71.7 Å². The summed E-state index contributed by atoms with van der Waals surface area (Å²) >= 11 is 0. The quantitative estimate of drug-likeness (QED) is 0.553. The van der Waals surface area contributed by atoms with Crippen molar-refractivity contribution in [3.05, 3.63) is 0 Å². The van der Waals surface area contributed by atoms with Crippen LogP contribution in [0.5, 0.6) is 0 Å². The van der Waals surface area contributed by atoms with Gasteiger partial charge in [-0.05, 0) is 19.7 Å². The first kappa shape index (κ1) is 10.3. The van der Waals surface area contributed by atoms with Crippen molar-refractivity contribution >= 4 is 51.8 Å². The van der Waals surface area contributed by atoms with Gasteiger partial charge in [0, 0.05) is 21.6 Å². The Morgan fingerprint density at radius 3 is 1.40 bits per heavy atom. The van der Waals surface area contributed by atoms with Crippen molar-refractivity contribution in [2.75, 3.05) is 0 Å². The summed E-state index contributed by atoms with van der Waals surface area (Å²) in [6.07, 6.45) is 0. The molecule has 0 aliphatic carbocycles. The van der Waals surface area contributed by atoms with Crippen LogP contribution >= 0.6 is 41.2 Å². The van der Waals surface area contributed by atoms with Crippen LogP contribution in [0.4, 0.5) is 9.59 Å². The zero-order chi connectivity index (χ0) is 7.98. The fourth-order valence-electron chi connectivity index (χ4n) is 0.0860. The van der Waals surface area contributed by atoms with Crippen LogP contribution in [-0.2, 0) is 0 Å². The smallest absolute Gasteiger partial charge is 0.376 e. The lowest BCUT2D eigenvalue weighted by Gasteiger charge is -1.89. The van der Waals surface area contributed by atoms with Gasteiger partial charge in [0.05, 0.1) is 0 Å². The molecule has 8 heteroatoms. The first-order chi connectivity index (χ1) is 4.63. The van der Waals surface area contributed by atoms with Crippen LogP contribution in [-0.4, -0.2) is 20.8 Å². The Kier molecular flexibility index (Phi) is 6.28. The standard InChI is InChI=1S/C2H2O4S4/c3-1(4)7-9-10-8-2(5)6/h(H,3,4)(H,5,6). The molecule has 0 rings (SSSR count). The van der Waals surface area contributed by atoms with Crippen LogP contribution < -0.4 is 0 Å². The summed E-state index contributed by atoms with van der Waals surface area (Å²) in [6, 6.07) is 0. The van der Waals surface area contributed by atoms with Crippen LogP contribution in [0.1, 0.15) is 0 Å². The van der Waals surface area contributed by atoms with Crippen LogP contribution in [0.15, 0.2) is 0 Å². The van der Waals surface area contributed by atoms with E-state index in [-0.39, 0.29) is 0 Å². The highest BCUT2D eigenvalue weighted by molar-refractivity contribution is 9.28. The molecule has 0 unspecified atom stereocenters. The van der Waals surface area contributed by atoms with Crippen LogP contribution in [0.25, 0.3) is 0 Å². The van der Waals surface area contributed by atoms with E-state index in [2.05, 4.69) is 0 Å². The van der Waals surface area contributed by atoms with Gasteiger partial charge in [0.25, 0.3) is 0 Å². The summed E-state index contributed by atoms with van der Waals surface area (Å²) in [5, 5.41) is 14.1. The summed E-state index contributed by atoms with van der Waals surface area (Å²) < 4.78 is 0. The normalized spacial score (nSPS) is 9.20. The molecule has 0 saturated heterocycles. The topological polar surface area (TPSA) is 74.6 Å². The van der Waals surface area contributed by atoms with Crippen molar-refractivity contribution in [3.63, 3.8) is 0 Å². The second kappa shape index (κ2) is 6.08. The molecule has 0 amide bonds. The van der Waals surface area contributed by atoms with Crippen molar-refractivity contribution in [2.45, 2.75) is 0 Å². The predicted molar refractivity (Wildman–Crippen MR) is 46.4 cm³/mol. The molecule has 4 nitrogen and oxygen atoms in total. The number of carbonyl (C=O) groups is 2. The van der Waals surface area contributed by atoms with Crippen molar-refractivity contribution in [2.24, 2.45) is 0 Å². The minimum absolute atomic E-state index is 0.585. The molecule has 58 valence electrons. The molecule has 0 bridgehead atoms. The second-order valence-electron chi connectivity index (χ2n) is 0.835. The largest absolute Gasteiger partial charge is 0.472 e. The first-order valence-electron chi connectivity index (χ1n) is 1.76. The Balaban J connectivity index is 3.06. The summed E-state index contributed by atoms with van der Waals surface area (Å²) in [5.41, 5.74) is 0. The van der Waals surface area contributed by atoms with Gasteiger partial charge < -0.3 is 10.2 Å². The molecule has 0 fully saturated rings. The Morgan fingerprint density at radius 2 is 1.20 bits per heavy atom. The highest BCUT2D eigenvalue weighted by atomic mass is 33.7. The van der Waals surface area contributed by atoms with Gasteiger partial charge in [0.2, 0.25) is 0 Å². The third-order valence-corrected chi connectivity index (χ3v) is 5.37. The van der Waals surface area contributed by atoms with Gasteiger partial charge in [0.15, 0.2) is 0 Å². The monoisotopic (exact) mass is 218 g/mol. The summed E-state index contributed by atoms with van der Waals surface area (Å²) in [4.78, 5) is 19.6. The molecular formula is C2H2O4S4. The van der Waals surface area contributed by atoms with E-state index in [4.69, 9.17) is 10.2 Å². The van der Waals surface area contributed by atoms with E-state index in [1.807, 2.05) is 0 Å². The van der Waals surface area contributed by atoms with E-state index in [1.165, 1.54) is 0 Å². The highest BCUT2D eigenvalue weighted by Crippen LogP contribution is 2.43. The maximum Gasteiger partial charge on any atom is 0.376 e. The average Bonchev–Trinajstić information content (AvgIpc) is 1.79. The SMILES string of the molecule is O=C(O)SSSSC(=O)O. The fourth-order valence-corrected chi connectivity index (χ4v) is 3.82. The predicted octanol–water partition coefficient (Wildman–Crippen LogP) is 3.02. The molecule has 0 aromatic rings. The molecule has 0 spiro atoms. The first-order valence-corrected chi connectivity index (χ1v) is 6.58. The Hall–Kier alpha value is 0.340. The average molecular weight is 218 g/mol. The van der Waals surface area contributed by atoms with Gasteiger partial charge in [-0.25, -0.2) is 9.59 Å². The molecule has 0 aliphatic heterocycles. The zero-order valence-electron chi connectivity index (χ0n) is 4.34. The molecule has 0 aromatic heterocycles. The third-order valence-electron chi connectivity index (χ3n) is 0.238. The van der Waals surface area contributed by atoms with E-state index in [1.54, 1.807) is 0 Å². The summed E-state index contributed by atoms with van der Waals surface area (Å²) in [6.45, 7) is 0. The van der Waals surface area contributed by atoms with Gasteiger partial charge in [-0.3, -0.25) is 0 Å². The zero-order valence-corrected chi connectivity index (χ0v) is 7.61. The maximum absolute atomic E-state index is 9.82. The van der Waals surface area contributed by atoms with Crippen LogP contribution in [0.2, 0.25) is 0 Å². The molecule has 0 aromatic carbocycles. The van der Waals surface area contributed by atoms with E-state index >= 15 is 0 Å². The lowest BCUT2D eigenvalue weighted by molar-refractivity contribution is 0.221.